The molecule has 74 valence electrons. The first-order valence-electron chi connectivity index (χ1n) is 4.29. The molecule has 0 spiro atoms. The molecule has 0 atom stereocenters. The molecule has 0 amide bonds. The number of ether oxygens (including phenoxy) is 1. The van der Waals surface area contributed by atoms with E-state index in [0.29, 0.717) is 29.6 Å². The van der Waals surface area contributed by atoms with Gasteiger partial charge in [-0.15, -0.1) is 11.8 Å². The van der Waals surface area contributed by atoms with Crippen LogP contribution >= 0.6 is 11.8 Å². The van der Waals surface area contributed by atoms with E-state index in [4.69, 9.17) is 4.74 Å². The lowest BCUT2D eigenvalue weighted by molar-refractivity contribution is 0.0455. The van der Waals surface area contributed by atoms with Crippen molar-refractivity contribution in [2.45, 2.75) is 10.1 Å². The average Bonchev–Trinajstić information content (AvgIpc) is 2.11. The molecule has 1 aromatic carbocycles. The smallest absolute Gasteiger partial charge is 0.154 e. The van der Waals surface area contributed by atoms with Crippen LogP contribution < -0.4 is 0 Å². The zero-order valence-electron chi connectivity index (χ0n) is 7.40. The molecule has 2 rings (SSSR count). The summed E-state index contributed by atoms with van der Waals surface area (Å²) in [6.07, 6.45) is 0.567. The van der Waals surface area contributed by atoms with E-state index in [1.165, 1.54) is 17.8 Å². The van der Waals surface area contributed by atoms with Gasteiger partial charge in [0, 0.05) is 4.90 Å². The van der Waals surface area contributed by atoms with Crippen LogP contribution in [0.15, 0.2) is 23.1 Å². The summed E-state index contributed by atoms with van der Waals surface area (Å²) >= 11 is 1.50. The third-order valence-electron chi connectivity index (χ3n) is 2.03. The molecule has 2 nitrogen and oxygen atoms in total. The lowest BCUT2D eigenvalue weighted by Crippen LogP contribution is -2.30. The highest BCUT2D eigenvalue weighted by molar-refractivity contribution is 8.00. The SMILES string of the molecule is O=Cc1c(F)cccc1SC1COC1. The molecule has 1 heterocycles. The van der Waals surface area contributed by atoms with E-state index in [1.807, 2.05) is 0 Å². The summed E-state index contributed by atoms with van der Waals surface area (Å²) < 4.78 is 18.2. The minimum atomic E-state index is -0.453. The Bertz CT molecular complexity index is 350. The maximum Gasteiger partial charge on any atom is 0.154 e. The predicted molar refractivity (Wildman–Crippen MR) is 52.3 cm³/mol. The van der Waals surface area contributed by atoms with Crippen LogP contribution in [0.1, 0.15) is 10.4 Å². The Morgan fingerprint density at radius 2 is 2.29 bits per heavy atom. The van der Waals surface area contributed by atoms with Crippen molar-refractivity contribution in [1.82, 2.24) is 0 Å². The number of rotatable bonds is 3. The fraction of sp³-hybridized carbons (Fsp3) is 0.300. The van der Waals surface area contributed by atoms with E-state index in [1.54, 1.807) is 12.1 Å². The van der Waals surface area contributed by atoms with Crippen molar-refractivity contribution in [3.05, 3.63) is 29.6 Å². The Labute approximate surface area is 85.4 Å². The first-order chi connectivity index (χ1) is 6.81. The summed E-state index contributed by atoms with van der Waals surface area (Å²) in [5, 5.41) is 0.357. The topological polar surface area (TPSA) is 26.3 Å². The van der Waals surface area contributed by atoms with Gasteiger partial charge in [0.05, 0.1) is 24.0 Å². The van der Waals surface area contributed by atoms with Crippen LogP contribution in [-0.4, -0.2) is 24.7 Å². The summed E-state index contributed by atoms with van der Waals surface area (Å²) in [5.74, 6) is -0.453. The zero-order chi connectivity index (χ0) is 9.97. The zero-order valence-corrected chi connectivity index (χ0v) is 8.22. The van der Waals surface area contributed by atoms with Gasteiger partial charge in [-0.1, -0.05) is 6.07 Å². The number of thioether (sulfide) groups is 1. The molecule has 0 aromatic heterocycles. The lowest BCUT2D eigenvalue weighted by Gasteiger charge is -2.25. The number of aldehydes is 1. The molecule has 1 aromatic rings. The van der Waals surface area contributed by atoms with Gasteiger partial charge in [-0.25, -0.2) is 4.39 Å². The van der Waals surface area contributed by atoms with Crippen molar-refractivity contribution in [1.29, 1.82) is 0 Å². The maximum absolute atomic E-state index is 13.1. The van der Waals surface area contributed by atoms with E-state index < -0.39 is 5.82 Å². The van der Waals surface area contributed by atoms with Crippen molar-refractivity contribution in [3.63, 3.8) is 0 Å². The van der Waals surface area contributed by atoms with E-state index >= 15 is 0 Å². The quantitative estimate of drug-likeness (QED) is 0.718. The second-order valence-electron chi connectivity index (χ2n) is 3.05. The molecule has 0 N–H and O–H groups in total. The number of hydrogen-bond donors (Lipinski definition) is 0. The van der Waals surface area contributed by atoms with Gasteiger partial charge >= 0.3 is 0 Å². The summed E-state index contributed by atoms with van der Waals surface area (Å²) in [6, 6.07) is 4.67. The van der Waals surface area contributed by atoms with Gasteiger partial charge in [-0.2, -0.15) is 0 Å². The van der Waals surface area contributed by atoms with Crippen LogP contribution in [0.4, 0.5) is 4.39 Å². The highest BCUT2D eigenvalue weighted by Gasteiger charge is 2.21. The van der Waals surface area contributed by atoms with Crippen molar-refractivity contribution in [2.75, 3.05) is 13.2 Å². The van der Waals surface area contributed by atoms with Gasteiger partial charge in [0.1, 0.15) is 5.82 Å². The first kappa shape index (κ1) is 9.68. The molecule has 1 aliphatic rings. The van der Waals surface area contributed by atoms with Crippen LogP contribution in [0.2, 0.25) is 0 Å². The summed E-state index contributed by atoms with van der Waals surface area (Å²) in [7, 11) is 0. The summed E-state index contributed by atoms with van der Waals surface area (Å²) in [4.78, 5) is 11.4. The van der Waals surface area contributed by atoms with E-state index in [9.17, 15) is 9.18 Å². The fourth-order valence-electron chi connectivity index (χ4n) is 1.20. The van der Waals surface area contributed by atoms with Crippen molar-refractivity contribution in [2.24, 2.45) is 0 Å². The number of hydrogen-bond acceptors (Lipinski definition) is 3. The molecule has 4 heteroatoms. The van der Waals surface area contributed by atoms with Crippen LogP contribution in [0.25, 0.3) is 0 Å². The molecule has 1 aliphatic heterocycles. The Morgan fingerprint density at radius 3 is 2.86 bits per heavy atom. The van der Waals surface area contributed by atoms with E-state index in [2.05, 4.69) is 0 Å². The highest BCUT2D eigenvalue weighted by atomic mass is 32.2. The molecule has 1 saturated heterocycles. The van der Waals surface area contributed by atoms with E-state index in [-0.39, 0.29) is 5.56 Å². The predicted octanol–water partition coefficient (Wildman–Crippen LogP) is 2.13. The minimum absolute atomic E-state index is 0.157. The highest BCUT2D eigenvalue weighted by Crippen LogP contribution is 2.30. The lowest BCUT2D eigenvalue weighted by atomic mass is 10.2. The standard InChI is InChI=1S/C10H9FO2S/c11-9-2-1-3-10(8(9)4-12)14-7-5-13-6-7/h1-4,7H,5-6H2. The summed E-state index contributed by atoms with van der Waals surface area (Å²) in [6.45, 7) is 1.36. The van der Waals surface area contributed by atoms with Gasteiger partial charge in [0.15, 0.2) is 6.29 Å². The molecule has 0 aliphatic carbocycles. The summed E-state index contributed by atoms with van der Waals surface area (Å²) in [5.41, 5.74) is 0.157. The van der Waals surface area contributed by atoms with Gasteiger partial charge in [-0.05, 0) is 12.1 Å². The molecule has 0 radical (unpaired) electrons. The molecule has 1 fully saturated rings. The number of halogens is 1. The van der Waals surface area contributed by atoms with Crippen molar-refractivity contribution >= 4 is 18.0 Å². The number of carbonyl (C=O) groups excluding carboxylic acids is 1. The van der Waals surface area contributed by atoms with Gasteiger partial charge < -0.3 is 4.74 Å². The Hall–Kier alpha value is -0.870. The van der Waals surface area contributed by atoms with Crippen molar-refractivity contribution < 1.29 is 13.9 Å². The third kappa shape index (κ3) is 1.81. The Balaban J connectivity index is 2.22. The first-order valence-corrected chi connectivity index (χ1v) is 5.17. The Kier molecular flexibility index (Phi) is 2.84. The van der Waals surface area contributed by atoms with Gasteiger partial charge in [0.2, 0.25) is 0 Å². The molecular formula is C10H9FO2S. The molecule has 0 bridgehead atoms. The van der Waals surface area contributed by atoms with E-state index in [0.717, 1.165) is 0 Å². The molecule has 0 unspecified atom stereocenters. The normalized spacial score (nSPS) is 16.4. The van der Waals surface area contributed by atoms with Crippen LogP contribution in [0.5, 0.6) is 0 Å². The van der Waals surface area contributed by atoms with Crippen LogP contribution in [-0.2, 0) is 4.74 Å². The van der Waals surface area contributed by atoms with Gasteiger partial charge in [-0.3, -0.25) is 4.79 Å². The molecular weight excluding hydrogens is 203 g/mol. The van der Waals surface area contributed by atoms with Gasteiger partial charge in [0.25, 0.3) is 0 Å². The second-order valence-corrected chi connectivity index (χ2v) is 4.39. The van der Waals surface area contributed by atoms with Crippen molar-refractivity contribution in [3.8, 4) is 0 Å². The van der Waals surface area contributed by atoms with Crippen LogP contribution in [0.3, 0.4) is 0 Å². The fourth-order valence-corrected chi connectivity index (χ4v) is 2.31. The third-order valence-corrected chi connectivity index (χ3v) is 3.25. The Morgan fingerprint density at radius 1 is 1.50 bits per heavy atom. The maximum atomic E-state index is 13.1. The van der Waals surface area contributed by atoms with Crippen LogP contribution in [0, 0.1) is 5.82 Å². The monoisotopic (exact) mass is 212 g/mol. The number of carbonyl (C=O) groups is 1. The molecule has 0 saturated carbocycles. The largest absolute Gasteiger partial charge is 0.379 e. The minimum Gasteiger partial charge on any atom is -0.379 e. The second kappa shape index (κ2) is 4.11. The molecule has 14 heavy (non-hydrogen) atoms. The number of benzene rings is 1. The average molecular weight is 212 g/mol.